The number of pyridine rings is 1. The largest absolute Gasteiger partial charge is 0.494 e. The minimum absolute atomic E-state index is 0.163. The van der Waals surface area contributed by atoms with Gasteiger partial charge in [-0.25, -0.2) is 14.4 Å². The van der Waals surface area contributed by atoms with Gasteiger partial charge < -0.3 is 19.7 Å². The number of ether oxygens (including phenoxy) is 2. The number of ketones is 1. The smallest absolute Gasteiger partial charge is 0.195 e. The molecule has 4 aromatic rings. The fraction of sp³-hybridized carbons (Fsp3) is 0.241. The third-order valence-electron chi connectivity index (χ3n) is 5.67. The van der Waals surface area contributed by atoms with Crippen LogP contribution < -0.4 is 14.8 Å². The summed E-state index contributed by atoms with van der Waals surface area (Å²) in [5, 5.41) is 4.32. The predicted molar refractivity (Wildman–Crippen MR) is 150 cm³/mol. The molecule has 0 amide bonds. The summed E-state index contributed by atoms with van der Waals surface area (Å²) in [7, 11) is 3.60. The van der Waals surface area contributed by atoms with E-state index in [0.717, 1.165) is 5.69 Å². The van der Waals surface area contributed by atoms with Crippen LogP contribution in [0.5, 0.6) is 11.5 Å². The highest BCUT2D eigenvalue weighted by molar-refractivity contribution is 6.32. The highest BCUT2D eigenvalue weighted by Gasteiger charge is 2.17. The molecule has 2 aromatic carbocycles. The lowest BCUT2D eigenvalue weighted by Gasteiger charge is -2.14. The molecular formula is C29H29ClFN5O3. The second-order valence-corrected chi connectivity index (χ2v) is 9.33. The number of benzene rings is 2. The minimum atomic E-state index is -0.783. The van der Waals surface area contributed by atoms with E-state index in [1.807, 2.05) is 31.2 Å². The maximum Gasteiger partial charge on any atom is 0.195 e. The van der Waals surface area contributed by atoms with Crippen molar-refractivity contribution in [3.8, 4) is 11.5 Å². The molecule has 0 radical (unpaired) electrons. The Hall–Kier alpha value is -4.08. The molecule has 0 aliphatic carbocycles. The number of anilines is 2. The number of carbonyl (C=O) groups is 1. The number of allylic oxidation sites excluding steroid dienone is 1. The summed E-state index contributed by atoms with van der Waals surface area (Å²) in [6.45, 7) is 2.84. The van der Waals surface area contributed by atoms with Crippen molar-refractivity contribution in [2.45, 2.75) is 20.0 Å². The third kappa shape index (κ3) is 7.49. The van der Waals surface area contributed by atoms with Gasteiger partial charge in [-0.05, 0) is 63.5 Å². The van der Waals surface area contributed by atoms with Gasteiger partial charge in [0.1, 0.15) is 30.3 Å². The quantitative estimate of drug-likeness (QED) is 0.218. The molecule has 2 aromatic heterocycles. The Kier molecular flexibility index (Phi) is 9.40. The molecule has 0 bridgehead atoms. The molecule has 0 atom stereocenters. The SMILES string of the molecule is CCOc1cc2ncnc(Nc3ccc(OCc4ccccn4)c(Cl)c3)c2cc1CC(=O)C(F)=CCN(C)C. The van der Waals surface area contributed by atoms with E-state index >= 15 is 0 Å². The number of likely N-dealkylation sites (N-methyl/N-ethyl adjacent to an activating group) is 1. The molecule has 202 valence electrons. The second kappa shape index (κ2) is 13.1. The van der Waals surface area contributed by atoms with Crippen molar-refractivity contribution in [1.29, 1.82) is 0 Å². The Morgan fingerprint density at radius 2 is 1.92 bits per heavy atom. The lowest BCUT2D eigenvalue weighted by molar-refractivity contribution is -0.116. The van der Waals surface area contributed by atoms with Crippen LogP contribution in [0.2, 0.25) is 5.02 Å². The van der Waals surface area contributed by atoms with Crippen molar-refractivity contribution in [2.75, 3.05) is 32.6 Å². The van der Waals surface area contributed by atoms with Gasteiger partial charge in [-0.1, -0.05) is 17.7 Å². The fourth-order valence-corrected chi connectivity index (χ4v) is 3.99. The number of fused-ring (bicyclic) bond motifs is 1. The van der Waals surface area contributed by atoms with Gasteiger partial charge in [-0.15, -0.1) is 0 Å². The topological polar surface area (TPSA) is 89.5 Å². The van der Waals surface area contributed by atoms with Gasteiger partial charge in [0.05, 0.1) is 22.8 Å². The molecule has 2 heterocycles. The first kappa shape index (κ1) is 27.9. The summed E-state index contributed by atoms with van der Waals surface area (Å²) >= 11 is 6.48. The van der Waals surface area contributed by atoms with E-state index in [-0.39, 0.29) is 6.42 Å². The van der Waals surface area contributed by atoms with Crippen LogP contribution in [-0.4, -0.2) is 52.9 Å². The maximum absolute atomic E-state index is 14.4. The standard InChI is InChI=1S/C29H29ClFN5O3/c1-4-38-28-16-25-22(13-19(28)14-26(37)24(31)10-12-36(2)3)29(34-18-33-25)35-20-8-9-27(23(30)15-20)39-17-21-7-5-6-11-32-21/h5-11,13,15-16,18H,4,12,14,17H2,1-3H3,(H,33,34,35). The number of aromatic nitrogens is 3. The van der Waals surface area contributed by atoms with E-state index in [4.69, 9.17) is 21.1 Å². The molecule has 39 heavy (non-hydrogen) atoms. The summed E-state index contributed by atoms with van der Waals surface area (Å²) in [6, 6.07) is 14.4. The van der Waals surface area contributed by atoms with Crippen LogP contribution in [0, 0.1) is 0 Å². The van der Waals surface area contributed by atoms with Crippen LogP contribution in [0.3, 0.4) is 0 Å². The number of nitrogens with one attached hydrogen (secondary N) is 1. The zero-order chi connectivity index (χ0) is 27.8. The first-order valence-electron chi connectivity index (χ1n) is 12.4. The predicted octanol–water partition coefficient (Wildman–Crippen LogP) is 5.93. The van der Waals surface area contributed by atoms with Gasteiger partial charge >= 0.3 is 0 Å². The summed E-state index contributed by atoms with van der Waals surface area (Å²) < 4.78 is 26.0. The molecule has 0 saturated heterocycles. The molecule has 0 saturated carbocycles. The van der Waals surface area contributed by atoms with Crippen LogP contribution in [0.1, 0.15) is 18.2 Å². The molecule has 0 spiro atoms. The molecular weight excluding hydrogens is 521 g/mol. The minimum Gasteiger partial charge on any atom is -0.494 e. The van der Waals surface area contributed by atoms with E-state index in [1.54, 1.807) is 49.5 Å². The molecule has 0 aliphatic rings. The van der Waals surface area contributed by atoms with Crippen LogP contribution in [-0.2, 0) is 17.8 Å². The molecule has 0 aliphatic heterocycles. The van der Waals surface area contributed by atoms with Crippen molar-refractivity contribution in [1.82, 2.24) is 19.9 Å². The summed E-state index contributed by atoms with van der Waals surface area (Å²) in [5.41, 5.74) is 2.61. The molecule has 8 nitrogen and oxygen atoms in total. The average Bonchev–Trinajstić information content (AvgIpc) is 2.92. The molecule has 0 fully saturated rings. The summed E-state index contributed by atoms with van der Waals surface area (Å²) in [4.78, 5) is 27.4. The number of nitrogens with zero attached hydrogens (tertiary/aromatic N) is 4. The van der Waals surface area contributed by atoms with E-state index in [9.17, 15) is 9.18 Å². The first-order valence-corrected chi connectivity index (χ1v) is 12.7. The van der Waals surface area contributed by atoms with Crippen LogP contribution >= 0.6 is 11.6 Å². The number of hydrogen-bond donors (Lipinski definition) is 1. The lowest BCUT2D eigenvalue weighted by atomic mass is 10.0. The van der Waals surface area contributed by atoms with Crippen molar-refractivity contribution >= 4 is 39.8 Å². The van der Waals surface area contributed by atoms with Crippen molar-refractivity contribution in [2.24, 2.45) is 0 Å². The van der Waals surface area contributed by atoms with Crippen LogP contribution in [0.15, 0.2) is 73.0 Å². The molecule has 0 unspecified atom stereocenters. The number of halogens is 2. The van der Waals surface area contributed by atoms with Gasteiger partial charge in [0.2, 0.25) is 0 Å². The summed E-state index contributed by atoms with van der Waals surface area (Å²) in [5.74, 6) is 0.0804. The van der Waals surface area contributed by atoms with E-state index in [2.05, 4.69) is 20.3 Å². The zero-order valence-electron chi connectivity index (χ0n) is 21.9. The normalized spacial score (nSPS) is 11.6. The maximum atomic E-state index is 14.4. The number of rotatable bonds is 12. The molecule has 10 heteroatoms. The Bertz CT molecular complexity index is 1480. The monoisotopic (exact) mass is 549 g/mol. The van der Waals surface area contributed by atoms with Crippen LogP contribution in [0.4, 0.5) is 15.9 Å². The Morgan fingerprint density at radius 3 is 2.64 bits per heavy atom. The molecule has 4 rings (SSSR count). The zero-order valence-corrected chi connectivity index (χ0v) is 22.7. The van der Waals surface area contributed by atoms with E-state index in [0.29, 0.717) is 64.3 Å². The van der Waals surface area contributed by atoms with Gasteiger partial charge in [-0.3, -0.25) is 9.78 Å². The van der Waals surface area contributed by atoms with Gasteiger partial charge in [0.25, 0.3) is 0 Å². The Labute approximate surface area is 231 Å². The number of Topliss-reactive ketones (excluding diaryl/α,β-unsaturated/α-hetero) is 1. The average molecular weight is 550 g/mol. The highest BCUT2D eigenvalue weighted by Crippen LogP contribution is 2.33. The number of hydrogen-bond acceptors (Lipinski definition) is 8. The van der Waals surface area contributed by atoms with Gasteiger partial charge in [-0.2, -0.15) is 0 Å². The van der Waals surface area contributed by atoms with Crippen molar-refractivity contribution < 1.29 is 18.7 Å². The Balaban J connectivity index is 1.58. The highest BCUT2D eigenvalue weighted by atomic mass is 35.5. The number of carbonyl (C=O) groups excluding carboxylic acids is 1. The first-order chi connectivity index (χ1) is 18.8. The molecule has 1 N–H and O–H groups in total. The van der Waals surface area contributed by atoms with Crippen molar-refractivity contribution in [3.05, 3.63) is 89.2 Å². The third-order valence-corrected chi connectivity index (χ3v) is 5.96. The summed E-state index contributed by atoms with van der Waals surface area (Å²) in [6.07, 6.45) is 4.24. The van der Waals surface area contributed by atoms with Gasteiger partial charge in [0.15, 0.2) is 11.6 Å². The van der Waals surface area contributed by atoms with Crippen molar-refractivity contribution in [3.63, 3.8) is 0 Å². The van der Waals surface area contributed by atoms with Crippen LogP contribution in [0.25, 0.3) is 10.9 Å². The Morgan fingerprint density at radius 1 is 1.08 bits per heavy atom. The second-order valence-electron chi connectivity index (χ2n) is 8.93. The van der Waals surface area contributed by atoms with E-state index < -0.39 is 11.6 Å². The lowest BCUT2D eigenvalue weighted by Crippen LogP contribution is -2.13. The van der Waals surface area contributed by atoms with Gasteiger partial charge in [0, 0.05) is 41.9 Å². The fourth-order valence-electron chi connectivity index (χ4n) is 3.76. The van der Waals surface area contributed by atoms with E-state index in [1.165, 1.54) is 12.4 Å².